The third-order valence-electron chi connectivity index (χ3n) is 3.21. The molecular formula is C13H25N3O2. The average molecular weight is 255 g/mol. The monoisotopic (exact) mass is 255 g/mol. The molecule has 0 spiro atoms. The summed E-state index contributed by atoms with van der Waals surface area (Å²) in [5.74, 6) is 0.553. The molecule has 0 aliphatic rings. The first kappa shape index (κ1) is 15.1. The van der Waals surface area contributed by atoms with Crippen LogP contribution in [0.4, 0.5) is 0 Å². The highest BCUT2D eigenvalue weighted by Gasteiger charge is 2.30. The van der Waals surface area contributed by atoms with Crippen molar-refractivity contribution >= 4 is 0 Å². The molecule has 0 aliphatic heterocycles. The fourth-order valence-electron chi connectivity index (χ4n) is 2.43. The topological polar surface area (TPSA) is 62.3 Å². The molecule has 5 heteroatoms. The van der Waals surface area contributed by atoms with Gasteiger partial charge in [0.15, 0.2) is 6.29 Å². The van der Waals surface area contributed by atoms with Gasteiger partial charge in [0.2, 0.25) is 0 Å². The van der Waals surface area contributed by atoms with E-state index in [0.717, 1.165) is 12.1 Å². The van der Waals surface area contributed by atoms with Gasteiger partial charge >= 0.3 is 0 Å². The molecule has 0 aliphatic carbocycles. The number of imidazole rings is 1. The number of rotatable bonds is 7. The van der Waals surface area contributed by atoms with Crippen molar-refractivity contribution in [2.75, 3.05) is 20.8 Å². The molecule has 1 aromatic rings. The number of hydrogen-bond donors (Lipinski definition) is 1. The van der Waals surface area contributed by atoms with E-state index in [1.165, 1.54) is 0 Å². The summed E-state index contributed by atoms with van der Waals surface area (Å²) in [4.78, 5) is 4.21. The summed E-state index contributed by atoms with van der Waals surface area (Å²) in [5, 5.41) is 0. The van der Waals surface area contributed by atoms with Crippen LogP contribution < -0.4 is 5.73 Å². The van der Waals surface area contributed by atoms with Gasteiger partial charge in [0.25, 0.3) is 0 Å². The molecule has 1 aromatic heterocycles. The first-order valence-corrected chi connectivity index (χ1v) is 6.27. The molecule has 104 valence electrons. The summed E-state index contributed by atoms with van der Waals surface area (Å²) in [6.45, 7) is 7.07. The average Bonchev–Trinajstić information content (AvgIpc) is 2.79. The zero-order valence-electron chi connectivity index (χ0n) is 12.0. The van der Waals surface area contributed by atoms with E-state index in [1.54, 1.807) is 26.7 Å². The van der Waals surface area contributed by atoms with Crippen molar-refractivity contribution < 1.29 is 9.47 Å². The molecule has 0 fully saturated rings. The zero-order valence-corrected chi connectivity index (χ0v) is 12.0. The smallest absolute Gasteiger partial charge is 0.200 e. The van der Waals surface area contributed by atoms with Crippen molar-refractivity contribution in [1.82, 2.24) is 9.55 Å². The van der Waals surface area contributed by atoms with Gasteiger partial charge in [-0.25, -0.2) is 4.98 Å². The van der Waals surface area contributed by atoms with Gasteiger partial charge < -0.3 is 19.8 Å². The summed E-state index contributed by atoms with van der Waals surface area (Å²) in [5.41, 5.74) is 6.69. The van der Waals surface area contributed by atoms with Crippen molar-refractivity contribution in [1.29, 1.82) is 0 Å². The minimum atomic E-state index is -0.412. The summed E-state index contributed by atoms with van der Waals surface area (Å²) >= 11 is 0. The Labute approximate surface area is 109 Å². The van der Waals surface area contributed by atoms with Crippen LogP contribution in [0.5, 0.6) is 0 Å². The van der Waals surface area contributed by atoms with E-state index in [-0.39, 0.29) is 5.54 Å². The predicted molar refractivity (Wildman–Crippen MR) is 71.1 cm³/mol. The molecule has 0 bridgehead atoms. The summed E-state index contributed by atoms with van der Waals surface area (Å²) < 4.78 is 12.7. The molecule has 5 nitrogen and oxygen atoms in total. The molecule has 1 unspecified atom stereocenters. The van der Waals surface area contributed by atoms with Crippen molar-refractivity contribution in [3.8, 4) is 0 Å². The van der Waals surface area contributed by atoms with E-state index in [9.17, 15) is 0 Å². The lowest BCUT2D eigenvalue weighted by molar-refractivity contribution is -0.112. The molecule has 18 heavy (non-hydrogen) atoms. The zero-order chi connectivity index (χ0) is 13.8. The van der Waals surface area contributed by atoms with Crippen LogP contribution in [0.25, 0.3) is 0 Å². The third kappa shape index (κ3) is 3.10. The molecule has 1 heterocycles. The van der Waals surface area contributed by atoms with Crippen LogP contribution in [-0.4, -0.2) is 30.3 Å². The molecular weight excluding hydrogens is 230 g/mol. The van der Waals surface area contributed by atoms with Gasteiger partial charge in [0.1, 0.15) is 0 Å². The number of nitrogens with zero attached hydrogens (tertiary/aromatic N) is 2. The number of ether oxygens (including phenoxy) is 2. The van der Waals surface area contributed by atoms with E-state index < -0.39 is 6.29 Å². The van der Waals surface area contributed by atoms with E-state index in [4.69, 9.17) is 15.2 Å². The van der Waals surface area contributed by atoms with Crippen LogP contribution in [0, 0.1) is 5.92 Å². The number of hydrogen-bond acceptors (Lipinski definition) is 4. The van der Waals surface area contributed by atoms with Crippen molar-refractivity contribution in [2.24, 2.45) is 11.7 Å². The highest BCUT2D eigenvalue weighted by Crippen LogP contribution is 2.29. The van der Waals surface area contributed by atoms with E-state index in [2.05, 4.69) is 30.3 Å². The van der Waals surface area contributed by atoms with Crippen LogP contribution in [-0.2, 0) is 15.0 Å². The Kier molecular flexibility index (Phi) is 5.31. The molecule has 0 radical (unpaired) electrons. The lowest BCUT2D eigenvalue weighted by Gasteiger charge is -2.34. The molecule has 0 amide bonds. The molecule has 1 atom stereocenters. The number of methoxy groups -OCH3 is 2. The number of aromatic nitrogens is 2. The highest BCUT2D eigenvalue weighted by atomic mass is 16.7. The van der Waals surface area contributed by atoms with E-state index in [0.29, 0.717) is 12.5 Å². The molecule has 1 rings (SSSR count). The minimum absolute atomic E-state index is 0.171. The van der Waals surface area contributed by atoms with Gasteiger partial charge in [0, 0.05) is 20.8 Å². The van der Waals surface area contributed by atoms with Gasteiger partial charge in [-0.15, -0.1) is 0 Å². The lowest BCUT2D eigenvalue weighted by Crippen LogP contribution is -2.40. The second-order valence-corrected chi connectivity index (χ2v) is 5.29. The van der Waals surface area contributed by atoms with Gasteiger partial charge in [-0.1, -0.05) is 13.8 Å². The van der Waals surface area contributed by atoms with Gasteiger partial charge in [-0.2, -0.15) is 0 Å². The Balaban J connectivity index is 3.10. The Morgan fingerprint density at radius 2 is 2.00 bits per heavy atom. The first-order valence-electron chi connectivity index (χ1n) is 6.27. The lowest BCUT2D eigenvalue weighted by atomic mass is 9.90. The maximum Gasteiger partial charge on any atom is 0.200 e. The largest absolute Gasteiger partial charge is 0.350 e. The molecule has 0 saturated heterocycles. The quantitative estimate of drug-likeness (QED) is 0.756. The SMILES string of the molecule is COC(OC)c1cncn1C(C)(CN)CC(C)C. The van der Waals surface area contributed by atoms with Crippen molar-refractivity contribution in [3.63, 3.8) is 0 Å². The normalized spacial score (nSPS) is 15.3. The maximum atomic E-state index is 5.97. The van der Waals surface area contributed by atoms with Crippen LogP contribution in [0.2, 0.25) is 0 Å². The van der Waals surface area contributed by atoms with Crippen LogP contribution in [0.3, 0.4) is 0 Å². The fraction of sp³-hybridized carbons (Fsp3) is 0.769. The van der Waals surface area contributed by atoms with Gasteiger partial charge in [0.05, 0.1) is 23.8 Å². The standard InChI is InChI=1S/C13H25N3O2/c1-10(2)6-13(3,8-14)16-9-15-7-11(16)12(17-4)18-5/h7,9-10,12H,6,8,14H2,1-5H3. The van der Waals surface area contributed by atoms with Gasteiger partial charge in [-0.05, 0) is 19.3 Å². The van der Waals surface area contributed by atoms with Crippen molar-refractivity contribution in [2.45, 2.75) is 39.0 Å². The Bertz CT molecular complexity index is 361. The molecule has 0 saturated carbocycles. The molecule has 0 aromatic carbocycles. The van der Waals surface area contributed by atoms with E-state index >= 15 is 0 Å². The minimum Gasteiger partial charge on any atom is -0.350 e. The van der Waals surface area contributed by atoms with Crippen LogP contribution >= 0.6 is 0 Å². The first-order chi connectivity index (χ1) is 8.48. The molecule has 2 N–H and O–H groups in total. The third-order valence-corrected chi connectivity index (χ3v) is 3.21. The van der Waals surface area contributed by atoms with Gasteiger partial charge in [-0.3, -0.25) is 0 Å². The second kappa shape index (κ2) is 6.31. The Morgan fingerprint density at radius 1 is 1.39 bits per heavy atom. The Hall–Kier alpha value is -0.910. The predicted octanol–water partition coefficient (Wildman–Crippen LogP) is 1.89. The maximum absolute atomic E-state index is 5.97. The fourth-order valence-corrected chi connectivity index (χ4v) is 2.43. The van der Waals surface area contributed by atoms with Crippen LogP contribution in [0.1, 0.15) is 39.2 Å². The van der Waals surface area contributed by atoms with Crippen molar-refractivity contribution in [3.05, 3.63) is 18.2 Å². The van der Waals surface area contributed by atoms with E-state index in [1.807, 2.05) is 0 Å². The van der Waals surface area contributed by atoms with Crippen LogP contribution in [0.15, 0.2) is 12.5 Å². The highest BCUT2D eigenvalue weighted by molar-refractivity contribution is 5.06. The number of nitrogens with two attached hydrogens (primary N) is 1. The summed E-state index contributed by atoms with van der Waals surface area (Å²) in [7, 11) is 3.24. The second-order valence-electron chi connectivity index (χ2n) is 5.29. The Morgan fingerprint density at radius 3 is 2.44 bits per heavy atom. The summed E-state index contributed by atoms with van der Waals surface area (Å²) in [6, 6.07) is 0. The summed E-state index contributed by atoms with van der Waals surface area (Å²) in [6.07, 6.45) is 4.14.